The molecule has 1 aliphatic heterocycles. The van der Waals surface area contributed by atoms with Gasteiger partial charge in [0, 0.05) is 19.3 Å². The quantitative estimate of drug-likeness (QED) is 0.919. The number of nitrogens with zero attached hydrogens (tertiary/aromatic N) is 2. The highest BCUT2D eigenvalue weighted by Gasteiger charge is 2.16. The van der Waals surface area contributed by atoms with Gasteiger partial charge in [-0.1, -0.05) is 6.07 Å². The van der Waals surface area contributed by atoms with Crippen LogP contribution in [-0.4, -0.2) is 22.5 Å². The molecule has 1 aromatic carbocycles. The topological polar surface area (TPSA) is 39.1 Å². The Labute approximate surface area is 123 Å². The molecule has 1 N–H and O–H groups in total. The van der Waals surface area contributed by atoms with Crippen LogP contribution in [0.25, 0.3) is 0 Å². The van der Waals surface area contributed by atoms with E-state index in [1.807, 2.05) is 30.1 Å². The second-order valence-corrected chi connectivity index (χ2v) is 5.51. The lowest BCUT2D eigenvalue weighted by Gasteiger charge is -2.09. The van der Waals surface area contributed by atoms with E-state index in [-0.39, 0.29) is 11.9 Å². The van der Waals surface area contributed by atoms with Crippen LogP contribution in [0.15, 0.2) is 30.6 Å². The molecule has 2 aromatic rings. The third-order valence-corrected chi connectivity index (χ3v) is 3.84. The predicted octanol–water partition coefficient (Wildman–Crippen LogP) is 3.12. The first-order valence-corrected chi connectivity index (χ1v) is 7.33. The summed E-state index contributed by atoms with van der Waals surface area (Å²) in [7, 11) is 0. The molecular formula is C16H20FN3O. The number of halogens is 1. The summed E-state index contributed by atoms with van der Waals surface area (Å²) in [6.45, 7) is 4.25. The molecule has 1 saturated heterocycles. The van der Waals surface area contributed by atoms with Crippen molar-refractivity contribution >= 4 is 5.69 Å². The van der Waals surface area contributed by atoms with Crippen LogP contribution in [0.4, 0.5) is 10.1 Å². The number of benzene rings is 1. The van der Waals surface area contributed by atoms with E-state index in [9.17, 15) is 4.39 Å². The van der Waals surface area contributed by atoms with E-state index in [1.54, 1.807) is 6.07 Å². The molecule has 2 heterocycles. The minimum atomic E-state index is -0.194. The number of hydrogen-bond acceptors (Lipinski definition) is 3. The first kappa shape index (κ1) is 14.1. The average Bonchev–Trinajstić information content (AvgIpc) is 3.10. The Kier molecular flexibility index (Phi) is 4.20. The van der Waals surface area contributed by atoms with Crippen molar-refractivity contribution in [2.45, 2.75) is 39.0 Å². The van der Waals surface area contributed by atoms with Gasteiger partial charge in [-0.25, -0.2) is 4.39 Å². The zero-order chi connectivity index (χ0) is 14.7. The molecule has 112 valence electrons. The van der Waals surface area contributed by atoms with Crippen molar-refractivity contribution in [1.82, 2.24) is 9.78 Å². The molecule has 3 rings (SSSR count). The van der Waals surface area contributed by atoms with Gasteiger partial charge in [0.15, 0.2) is 0 Å². The lowest BCUT2D eigenvalue weighted by molar-refractivity contribution is 0.0940. The molecule has 4 nitrogen and oxygen atoms in total. The molecule has 1 aliphatic rings. The molecule has 0 bridgehead atoms. The second kappa shape index (κ2) is 6.26. The van der Waals surface area contributed by atoms with Crippen LogP contribution in [0.1, 0.15) is 24.0 Å². The third kappa shape index (κ3) is 3.61. The maximum atomic E-state index is 13.1. The molecule has 0 saturated carbocycles. The molecular weight excluding hydrogens is 269 g/mol. The zero-order valence-electron chi connectivity index (χ0n) is 12.2. The van der Waals surface area contributed by atoms with Crippen molar-refractivity contribution in [1.29, 1.82) is 0 Å². The summed E-state index contributed by atoms with van der Waals surface area (Å²) in [6.07, 6.45) is 6.34. The van der Waals surface area contributed by atoms with E-state index >= 15 is 0 Å². The van der Waals surface area contributed by atoms with Crippen LogP contribution in [0.3, 0.4) is 0 Å². The monoisotopic (exact) mass is 289 g/mol. The van der Waals surface area contributed by atoms with Gasteiger partial charge in [-0.3, -0.25) is 4.68 Å². The molecule has 1 fully saturated rings. The molecule has 0 radical (unpaired) electrons. The Morgan fingerprint density at radius 3 is 3.14 bits per heavy atom. The van der Waals surface area contributed by atoms with E-state index in [1.165, 1.54) is 6.07 Å². The minimum absolute atomic E-state index is 0.194. The Bertz CT molecular complexity index is 605. The molecule has 5 heteroatoms. The lowest BCUT2D eigenvalue weighted by Crippen LogP contribution is -2.15. The van der Waals surface area contributed by atoms with Gasteiger partial charge in [-0.15, -0.1) is 0 Å². The van der Waals surface area contributed by atoms with Gasteiger partial charge in [0.2, 0.25) is 0 Å². The van der Waals surface area contributed by atoms with Gasteiger partial charge in [0.1, 0.15) is 5.82 Å². The summed E-state index contributed by atoms with van der Waals surface area (Å²) in [5.74, 6) is -0.194. The van der Waals surface area contributed by atoms with Crippen LogP contribution in [0.5, 0.6) is 0 Å². The van der Waals surface area contributed by atoms with E-state index in [2.05, 4.69) is 10.4 Å². The zero-order valence-corrected chi connectivity index (χ0v) is 12.2. The second-order valence-electron chi connectivity index (χ2n) is 5.51. The van der Waals surface area contributed by atoms with Gasteiger partial charge in [0.05, 0.1) is 24.5 Å². The Morgan fingerprint density at radius 2 is 2.38 bits per heavy atom. The molecule has 21 heavy (non-hydrogen) atoms. The third-order valence-electron chi connectivity index (χ3n) is 3.84. The lowest BCUT2D eigenvalue weighted by atomic mass is 10.1. The van der Waals surface area contributed by atoms with Crippen molar-refractivity contribution in [3.05, 3.63) is 47.5 Å². The standard InChI is InChI=1S/C16H20FN3O/c1-12-7-14(17)5-4-13(12)8-18-15-9-19-20(10-15)11-16-3-2-6-21-16/h4-5,7,9-10,16,18H,2-3,6,8,11H2,1H3. The van der Waals surface area contributed by atoms with E-state index < -0.39 is 0 Å². The van der Waals surface area contributed by atoms with Gasteiger partial charge < -0.3 is 10.1 Å². The SMILES string of the molecule is Cc1cc(F)ccc1CNc1cnn(CC2CCCO2)c1. The van der Waals surface area contributed by atoms with Gasteiger partial charge in [-0.2, -0.15) is 5.10 Å². The van der Waals surface area contributed by atoms with Crippen molar-refractivity contribution < 1.29 is 9.13 Å². The van der Waals surface area contributed by atoms with E-state index in [0.29, 0.717) is 6.54 Å². The highest BCUT2D eigenvalue weighted by Crippen LogP contribution is 2.16. The highest BCUT2D eigenvalue weighted by molar-refractivity contribution is 5.40. The van der Waals surface area contributed by atoms with Crippen molar-refractivity contribution in [2.24, 2.45) is 0 Å². The Hall–Kier alpha value is -1.88. The van der Waals surface area contributed by atoms with E-state index in [0.717, 1.165) is 42.8 Å². The fourth-order valence-corrected chi connectivity index (χ4v) is 2.61. The average molecular weight is 289 g/mol. The molecule has 1 atom stereocenters. The molecule has 1 aromatic heterocycles. The van der Waals surface area contributed by atoms with Gasteiger partial charge in [0.25, 0.3) is 0 Å². The Morgan fingerprint density at radius 1 is 1.48 bits per heavy atom. The smallest absolute Gasteiger partial charge is 0.123 e. The number of anilines is 1. The van der Waals surface area contributed by atoms with Crippen LogP contribution in [0.2, 0.25) is 0 Å². The normalized spacial score (nSPS) is 18.1. The van der Waals surface area contributed by atoms with Crippen molar-refractivity contribution in [3.63, 3.8) is 0 Å². The largest absolute Gasteiger partial charge is 0.378 e. The molecule has 0 aliphatic carbocycles. The number of rotatable bonds is 5. The maximum absolute atomic E-state index is 13.1. The fraction of sp³-hybridized carbons (Fsp3) is 0.438. The number of aryl methyl sites for hydroxylation is 1. The van der Waals surface area contributed by atoms with E-state index in [4.69, 9.17) is 4.74 Å². The number of nitrogens with one attached hydrogen (secondary N) is 1. The first-order chi connectivity index (χ1) is 10.2. The minimum Gasteiger partial charge on any atom is -0.378 e. The number of hydrogen-bond donors (Lipinski definition) is 1. The van der Waals surface area contributed by atoms with Gasteiger partial charge >= 0.3 is 0 Å². The van der Waals surface area contributed by atoms with Crippen LogP contribution >= 0.6 is 0 Å². The van der Waals surface area contributed by atoms with Crippen molar-refractivity contribution in [3.8, 4) is 0 Å². The summed E-state index contributed by atoms with van der Waals surface area (Å²) < 4.78 is 20.6. The summed E-state index contributed by atoms with van der Waals surface area (Å²) >= 11 is 0. The van der Waals surface area contributed by atoms with Gasteiger partial charge in [-0.05, 0) is 43.0 Å². The number of ether oxygens (including phenoxy) is 1. The Balaban J connectivity index is 1.56. The molecule has 0 spiro atoms. The molecule has 0 amide bonds. The molecule has 1 unspecified atom stereocenters. The maximum Gasteiger partial charge on any atom is 0.123 e. The van der Waals surface area contributed by atoms with Crippen LogP contribution in [-0.2, 0) is 17.8 Å². The number of aromatic nitrogens is 2. The highest BCUT2D eigenvalue weighted by atomic mass is 19.1. The summed E-state index contributed by atoms with van der Waals surface area (Å²) in [4.78, 5) is 0. The predicted molar refractivity (Wildman–Crippen MR) is 79.7 cm³/mol. The summed E-state index contributed by atoms with van der Waals surface area (Å²) in [6, 6.07) is 4.86. The first-order valence-electron chi connectivity index (χ1n) is 7.33. The van der Waals surface area contributed by atoms with Crippen molar-refractivity contribution in [2.75, 3.05) is 11.9 Å². The summed E-state index contributed by atoms with van der Waals surface area (Å²) in [5, 5.41) is 7.66. The summed E-state index contributed by atoms with van der Waals surface area (Å²) in [5.41, 5.74) is 3.01. The van der Waals surface area contributed by atoms with Crippen LogP contribution in [0, 0.1) is 12.7 Å². The van der Waals surface area contributed by atoms with Crippen LogP contribution < -0.4 is 5.32 Å². The fourth-order valence-electron chi connectivity index (χ4n) is 2.61.